The fraction of sp³-hybridized carbons (Fsp3) is 0.667. The van der Waals surface area contributed by atoms with Crippen molar-refractivity contribution in [3.05, 3.63) is 0 Å². The molecule has 0 aromatic carbocycles. The Balaban J connectivity index is -0.000000180. The second-order valence-corrected chi connectivity index (χ2v) is 1.84. The highest BCUT2D eigenvalue weighted by molar-refractivity contribution is 7.99. The molecule has 0 rings (SSSR count). The van der Waals surface area contributed by atoms with Gasteiger partial charge in [-0.15, -0.1) is 24.2 Å². The Kier molecular flexibility index (Phi) is 14.3. The molecule has 0 heterocycles. The summed E-state index contributed by atoms with van der Waals surface area (Å²) in [4.78, 5) is 9.66. The van der Waals surface area contributed by atoms with Crippen LogP contribution in [-0.2, 0) is 4.79 Å². The number of carboxylic acids is 1. The van der Waals surface area contributed by atoms with E-state index in [0.717, 1.165) is 11.8 Å². The summed E-state index contributed by atoms with van der Waals surface area (Å²) in [6, 6.07) is 0. The van der Waals surface area contributed by atoms with Crippen molar-refractivity contribution in [2.24, 2.45) is 0 Å². The number of aliphatic hydroxyl groups excluding tert-OH is 1. The topological polar surface area (TPSA) is 92.5 Å². The fourth-order valence-electron chi connectivity index (χ4n) is 0.101. The largest absolute Gasteiger partial charge is 0.479 e. The van der Waals surface area contributed by atoms with Gasteiger partial charge in [0.15, 0.2) is 5.44 Å². The van der Waals surface area contributed by atoms with E-state index in [4.69, 9.17) is 10.2 Å². The highest BCUT2D eigenvalue weighted by atomic mass is 35.5. The highest BCUT2D eigenvalue weighted by Crippen LogP contribution is 1.99. The Hall–Kier alpha value is 0.0300. The Morgan fingerprint density at radius 1 is 1.67 bits per heavy atom. The number of halogens is 1. The standard InChI is InChI=1S/C3H6O3S.ClH.H3N/c1-7-3(6)2(4)5;;/h3,6H,1H3,(H,4,5);1H;1H3. The van der Waals surface area contributed by atoms with Gasteiger partial charge in [0.2, 0.25) is 0 Å². The maximum atomic E-state index is 9.66. The predicted octanol–water partition coefficient (Wildman–Crippen LogP) is 0.336. The van der Waals surface area contributed by atoms with Crippen LogP contribution < -0.4 is 6.15 Å². The number of rotatable bonds is 2. The molecule has 9 heavy (non-hydrogen) atoms. The van der Waals surface area contributed by atoms with Crippen molar-refractivity contribution < 1.29 is 15.0 Å². The first-order chi connectivity index (χ1) is 3.18. The fourth-order valence-corrected chi connectivity index (χ4v) is 0.302. The summed E-state index contributed by atoms with van der Waals surface area (Å²) in [7, 11) is 0. The van der Waals surface area contributed by atoms with Crippen LogP contribution in [0, 0.1) is 0 Å². The third-order valence-corrected chi connectivity index (χ3v) is 1.08. The molecular formula is C3H10ClNO3S. The number of carbonyl (C=O) groups is 1. The summed E-state index contributed by atoms with van der Waals surface area (Å²) >= 11 is 0.889. The number of aliphatic carboxylic acids is 1. The van der Waals surface area contributed by atoms with Crippen LogP contribution in [0.1, 0.15) is 0 Å². The third kappa shape index (κ3) is 8.03. The summed E-state index contributed by atoms with van der Waals surface area (Å²) in [5, 5.41) is 16.2. The van der Waals surface area contributed by atoms with E-state index in [0.29, 0.717) is 0 Å². The van der Waals surface area contributed by atoms with Crippen LogP contribution in [0.4, 0.5) is 0 Å². The summed E-state index contributed by atoms with van der Waals surface area (Å²) in [6.07, 6.45) is 1.53. The van der Waals surface area contributed by atoms with E-state index in [1.807, 2.05) is 0 Å². The van der Waals surface area contributed by atoms with Crippen molar-refractivity contribution in [2.75, 3.05) is 6.26 Å². The molecule has 0 fully saturated rings. The monoisotopic (exact) mass is 175 g/mol. The summed E-state index contributed by atoms with van der Waals surface area (Å²) < 4.78 is 0. The molecule has 0 aromatic rings. The molecule has 0 aliphatic rings. The molecule has 6 heteroatoms. The summed E-state index contributed by atoms with van der Waals surface area (Å²) in [6.45, 7) is 0. The molecule has 0 saturated heterocycles. The molecule has 58 valence electrons. The van der Waals surface area contributed by atoms with E-state index in [-0.39, 0.29) is 18.6 Å². The van der Waals surface area contributed by atoms with E-state index in [1.165, 1.54) is 6.26 Å². The van der Waals surface area contributed by atoms with Gasteiger partial charge >= 0.3 is 5.97 Å². The van der Waals surface area contributed by atoms with Gasteiger partial charge in [0.25, 0.3) is 0 Å². The van der Waals surface area contributed by atoms with Crippen molar-refractivity contribution in [1.82, 2.24) is 6.15 Å². The van der Waals surface area contributed by atoms with Crippen LogP contribution in [0.2, 0.25) is 0 Å². The zero-order chi connectivity index (χ0) is 5.86. The maximum Gasteiger partial charge on any atom is 0.343 e. The zero-order valence-corrected chi connectivity index (χ0v) is 6.54. The molecule has 0 radical (unpaired) electrons. The molecule has 0 bridgehead atoms. The van der Waals surface area contributed by atoms with Crippen LogP contribution >= 0.6 is 24.2 Å². The second-order valence-electron chi connectivity index (χ2n) is 0.926. The number of hydrogen-bond acceptors (Lipinski definition) is 4. The van der Waals surface area contributed by atoms with Crippen molar-refractivity contribution in [1.29, 1.82) is 0 Å². The molecule has 0 saturated carbocycles. The molecule has 4 nitrogen and oxygen atoms in total. The lowest BCUT2D eigenvalue weighted by atomic mass is 10.7. The minimum atomic E-state index is -1.26. The Bertz CT molecular complexity index is 81.5. The van der Waals surface area contributed by atoms with Gasteiger partial charge in [0, 0.05) is 0 Å². The van der Waals surface area contributed by atoms with Gasteiger partial charge in [-0.05, 0) is 6.26 Å². The van der Waals surface area contributed by atoms with Gasteiger partial charge in [0.1, 0.15) is 0 Å². The maximum absolute atomic E-state index is 9.66. The summed E-state index contributed by atoms with van der Waals surface area (Å²) in [5.74, 6) is -1.19. The van der Waals surface area contributed by atoms with Crippen LogP contribution in [0.15, 0.2) is 0 Å². The molecule has 0 spiro atoms. The van der Waals surface area contributed by atoms with Crippen molar-refractivity contribution in [3.8, 4) is 0 Å². The van der Waals surface area contributed by atoms with Gasteiger partial charge in [-0.1, -0.05) is 0 Å². The van der Waals surface area contributed by atoms with E-state index in [2.05, 4.69) is 0 Å². The lowest BCUT2D eigenvalue weighted by molar-refractivity contribution is -0.141. The Morgan fingerprint density at radius 2 is 2.00 bits per heavy atom. The minimum Gasteiger partial charge on any atom is -0.479 e. The smallest absolute Gasteiger partial charge is 0.343 e. The average molecular weight is 176 g/mol. The van der Waals surface area contributed by atoms with Crippen LogP contribution in [-0.4, -0.2) is 27.9 Å². The lowest BCUT2D eigenvalue weighted by Crippen LogP contribution is -2.13. The van der Waals surface area contributed by atoms with Gasteiger partial charge in [0.05, 0.1) is 0 Å². The molecule has 0 aliphatic heterocycles. The average Bonchev–Trinajstić information content (AvgIpc) is 1.65. The Labute approximate surface area is 63.6 Å². The highest BCUT2D eigenvalue weighted by Gasteiger charge is 2.08. The molecular weight excluding hydrogens is 166 g/mol. The van der Waals surface area contributed by atoms with E-state index in [9.17, 15) is 4.79 Å². The van der Waals surface area contributed by atoms with Crippen LogP contribution in [0.5, 0.6) is 0 Å². The first-order valence-electron chi connectivity index (χ1n) is 1.62. The molecule has 5 N–H and O–H groups in total. The van der Waals surface area contributed by atoms with Crippen LogP contribution in [0.3, 0.4) is 0 Å². The first kappa shape index (κ1) is 16.0. The summed E-state index contributed by atoms with van der Waals surface area (Å²) in [5.41, 5.74) is -1.26. The van der Waals surface area contributed by atoms with Gasteiger partial charge in [-0.3, -0.25) is 0 Å². The van der Waals surface area contributed by atoms with Crippen molar-refractivity contribution in [3.63, 3.8) is 0 Å². The van der Waals surface area contributed by atoms with Crippen LogP contribution in [0.25, 0.3) is 0 Å². The number of thioether (sulfide) groups is 1. The minimum absolute atomic E-state index is 0. The van der Waals surface area contributed by atoms with Gasteiger partial charge in [-0.2, -0.15) is 0 Å². The zero-order valence-electron chi connectivity index (χ0n) is 4.90. The van der Waals surface area contributed by atoms with Gasteiger partial charge in [-0.25, -0.2) is 4.79 Å². The number of aliphatic hydroxyl groups is 1. The van der Waals surface area contributed by atoms with E-state index >= 15 is 0 Å². The molecule has 1 atom stereocenters. The quantitative estimate of drug-likeness (QED) is 0.527. The van der Waals surface area contributed by atoms with E-state index < -0.39 is 11.4 Å². The molecule has 1 unspecified atom stereocenters. The van der Waals surface area contributed by atoms with Crippen molar-refractivity contribution >= 4 is 30.1 Å². The van der Waals surface area contributed by atoms with Gasteiger partial charge < -0.3 is 16.4 Å². The number of carboxylic acid groups (broad SMARTS) is 1. The third-order valence-electron chi connectivity index (χ3n) is 0.435. The lowest BCUT2D eigenvalue weighted by Gasteiger charge is -1.95. The molecule has 0 aliphatic carbocycles. The SMILES string of the molecule is CSC(O)C(=O)O.Cl.N. The predicted molar refractivity (Wildman–Crippen MR) is 39.4 cm³/mol. The Morgan fingerprint density at radius 3 is 2.00 bits per heavy atom. The molecule has 0 aromatic heterocycles. The second kappa shape index (κ2) is 8.03. The molecule has 0 amide bonds. The first-order valence-corrected chi connectivity index (χ1v) is 2.91. The van der Waals surface area contributed by atoms with E-state index in [1.54, 1.807) is 0 Å². The van der Waals surface area contributed by atoms with Crippen molar-refractivity contribution in [2.45, 2.75) is 5.44 Å². The number of hydrogen-bond donors (Lipinski definition) is 3. The normalized spacial score (nSPS) is 10.4.